The first-order chi connectivity index (χ1) is 19.3. The summed E-state index contributed by atoms with van der Waals surface area (Å²) < 4.78 is 28.0. The second-order valence-corrected chi connectivity index (χ2v) is 14.0. The molecule has 0 saturated heterocycles. The van der Waals surface area contributed by atoms with Crippen LogP contribution in [0.4, 0.5) is 5.69 Å². The van der Waals surface area contributed by atoms with Gasteiger partial charge in [-0.25, -0.2) is 8.42 Å². The molecule has 3 aromatic carbocycles. The summed E-state index contributed by atoms with van der Waals surface area (Å²) in [5.41, 5.74) is 3.06. The van der Waals surface area contributed by atoms with Crippen molar-refractivity contribution in [2.75, 3.05) is 23.7 Å². The monoisotopic (exact) mass is 641 g/mol. The van der Waals surface area contributed by atoms with Gasteiger partial charge >= 0.3 is 0 Å². The molecule has 0 bridgehead atoms. The van der Waals surface area contributed by atoms with E-state index < -0.39 is 28.5 Å². The summed E-state index contributed by atoms with van der Waals surface area (Å²) in [7, 11) is -3.81. The van der Waals surface area contributed by atoms with Gasteiger partial charge in [-0.2, -0.15) is 0 Å². The average molecular weight is 643 g/mol. The molecule has 0 heterocycles. The normalized spacial score (nSPS) is 12.4. The minimum atomic E-state index is -3.81. The van der Waals surface area contributed by atoms with Gasteiger partial charge in [0.2, 0.25) is 21.8 Å². The van der Waals surface area contributed by atoms with Crippen molar-refractivity contribution in [2.24, 2.45) is 0 Å². The highest BCUT2D eigenvalue weighted by Crippen LogP contribution is 2.26. The van der Waals surface area contributed by atoms with Gasteiger partial charge in [-0.05, 0) is 52.8 Å². The highest BCUT2D eigenvalue weighted by atomic mass is 79.9. The molecule has 0 saturated carbocycles. The van der Waals surface area contributed by atoms with Crippen LogP contribution in [0.1, 0.15) is 50.8 Å². The summed E-state index contributed by atoms with van der Waals surface area (Å²) in [5, 5.41) is 2.95. The first kappa shape index (κ1) is 32.3. The maximum atomic E-state index is 14.1. The van der Waals surface area contributed by atoms with Crippen LogP contribution in [0.25, 0.3) is 0 Å². The number of rotatable bonds is 12. The molecule has 9 heteroatoms. The smallest absolute Gasteiger partial charge is 0.244 e. The van der Waals surface area contributed by atoms with E-state index in [0.717, 1.165) is 38.1 Å². The summed E-state index contributed by atoms with van der Waals surface area (Å²) >= 11 is 3.45. The standard InChI is InChI=1S/C32H40BrN3O4S/c1-6-20-34-31(38)29(21-24-10-8-7-9-11-24)35(22-25-12-16-27(33)17-13-25)30(37)23-36(41(5,39)40)28-18-14-26(15-19-28)32(2,3)4/h7-19,29H,6,20-23H2,1-5H3,(H,34,38)/t29-/m1/s1. The Morgan fingerprint density at radius 1 is 0.902 bits per heavy atom. The SMILES string of the molecule is CCCNC(=O)[C@@H](Cc1ccccc1)N(Cc1ccc(Br)cc1)C(=O)CN(c1ccc(C(C)(C)C)cc1)S(C)(=O)=O. The van der Waals surface area contributed by atoms with E-state index in [2.05, 4.69) is 42.0 Å². The van der Waals surface area contributed by atoms with Gasteiger partial charge < -0.3 is 10.2 Å². The zero-order valence-electron chi connectivity index (χ0n) is 24.4. The molecule has 7 nitrogen and oxygen atoms in total. The Bertz CT molecular complexity index is 1400. The molecule has 0 spiro atoms. The minimum Gasteiger partial charge on any atom is -0.354 e. The molecule has 2 amide bonds. The predicted molar refractivity (Wildman–Crippen MR) is 169 cm³/mol. The van der Waals surface area contributed by atoms with Crippen molar-refractivity contribution in [2.45, 2.75) is 58.5 Å². The zero-order valence-corrected chi connectivity index (χ0v) is 26.8. The molecule has 0 fully saturated rings. The molecule has 0 unspecified atom stereocenters. The third-order valence-corrected chi connectivity index (χ3v) is 8.46. The van der Waals surface area contributed by atoms with Crippen molar-refractivity contribution in [1.82, 2.24) is 10.2 Å². The van der Waals surface area contributed by atoms with E-state index in [9.17, 15) is 18.0 Å². The van der Waals surface area contributed by atoms with Crippen LogP contribution in [-0.4, -0.2) is 50.5 Å². The van der Waals surface area contributed by atoms with E-state index in [0.29, 0.717) is 12.2 Å². The lowest BCUT2D eigenvalue weighted by Gasteiger charge is -2.33. The maximum absolute atomic E-state index is 14.1. The van der Waals surface area contributed by atoms with Gasteiger partial charge in [0.15, 0.2) is 0 Å². The van der Waals surface area contributed by atoms with Gasteiger partial charge in [-0.3, -0.25) is 13.9 Å². The molecule has 220 valence electrons. The molecule has 0 aliphatic rings. The van der Waals surface area contributed by atoms with Crippen molar-refractivity contribution in [3.8, 4) is 0 Å². The van der Waals surface area contributed by atoms with Gasteiger partial charge in [0.05, 0.1) is 11.9 Å². The lowest BCUT2D eigenvalue weighted by Crippen LogP contribution is -2.53. The Balaban J connectivity index is 2.03. The third-order valence-electron chi connectivity index (χ3n) is 6.79. The fraction of sp³-hybridized carbons (Fsp3) is 0.375. The number of carbonyl (C=O) groups is 2. The summed E-state index contributed by atoms with van der Waals surface area (Å²) in [4.78, 5) is 29.2. The van der Waals surface area contributed by atoms with Crippen LogP contribution in [0, 0.1) is 0 Å². The van der Waals surface area contributed by atoms with E-state index in [1.54, 1.807) is 12.1 Å². The highest BCUT2D eigenvalue weighted by molar-refractivity contribution is 9.10. The van der Waals surface area contributed by atoms with Gasteiger partial charge in [-0.15, -0.1) is 0 Å². The number of nitrogens with zero attached hydrogens (tertiary/aromatic N) is 2. The third kappa shape index (κ3) is 9.43. The van der Waals surface area contributed by atoms with Crippen molar-refractivity contribution in [3.05, 3.63) is 100 Å². The van der Waals surface area contributed by atoms with Gasteiger partial charge in [0.1, 0.15) is 12.6 Å². The van der Waals surface area contributed by atoms with Gasteiger partial charge in [0, 0.05) is 24.0 Å². The Morgan fingerprint density at radius 2 is 1.51 bits per heavy atom. The molecule has 41 heavy (non-hydrogen) atoms. The minimum absolute atomic E-state index is 0.109. The second kappa shape index (κ2) is 14.1. The molecular weight excluding hydrogens is 602 g/mol. The molecule has 1 atom stereocenters. The zero-order chi connectivity index (χ0) is 30.2. The van der Waals surface area contributed by atoms with Crippen molar-refractivity contribution >= 4 is 43.5 Å². The highest BCUT2D eigenvalue weighted by Gasteiger charge is 2.33. The Hall–Kier alpha value is -3.17. The number of carbonyl (C=O) groups excluding carboxylic acids is 2. The number of anilines is 1. The maximum Gasteiger partial charge on any atom is 0.244 e. The number of amides is 2. The molecule has 0 aromatic heterocycles. The van der Waals surface area contributed by atoms with Crippen LogP contribution < -0.4 is 9.62 Å². The molecule has 0 aliphatic heterocycles. The average Bonchev–Trinajstić information content (AvgIpc) is 2.92. The first-order valence-electron chi connectivity index (χ1n) is 13.7. The number of sulfonamides is 1. The lowest BCUT2D eigenvalue weighted by atomic mass is 9.87. The number of hydrogen-bond donors (Lipinski definition) is 1. The summed E-state index contributed by atoms with van der Waals surface area (Å²) in [6, 6.07) is 23.4. The summed E-state index contributed by atoms with van der Waals surface area (Å²) in [6.45, 7) is 8.38. The Kier molecular flexibility index (Phi) is 11.2. The van der Waals surface area contributed by atoms with Crippen molar-refractivity contribution in [3.63, 3.8) is 0 Å². The fourth-order valence-corrected chi connectivity index (χ4v) is 5.56. The number of nitrogens with one attached hydrogen (secondary N) is 1. The van der Waals surface area contributed by atoms with Crippen LogP contribution in [0.5, 0.6) is 0 Å². The number of halogens is 1. The Morgan fingerprint density at radius 3 is 2.05 bits per heavy atom. The van der Waals surface area contributed by atoms with Crippen LogP contribution >= 0.6 is 15.9 Å². The number of hydrogen-bond acceptors (Lipinski definition) is 4. The van der Waals surface area contributed by atoms with E-state index >= 15 is 0 Å². The van der Waals surface area contributed by atoms with Crippen molar-refractivity contribution < 1.29 is 18.0 Å². The fourth-order valence-electron chi connectivity index (χ4n) is 4.45. The van der Waals surface area contributed by atoms with Gasteiger partial charge in [0.25, 0.3) is 0 Å². The van der Waals surface area contributed by atoms with Gasteiger partial charge in [-0.1, -0.05) is 98.2 Å². The lowest BCUT2D eigenvalue weighted by molar-refractivity contribution is -0.140. The molecule has 0 aliphatic carbocycles. The Labute approximate surface area is 253 Å². The largest absolute Gasteiger partial charge is 0.354 e. The molecule has 3 aromatic rings. The first-order valence-corrected chi connectivity index (χ1v) is 16.4. The number of benzene rings is 3. The predicted octanol–water partition coefficient (Wildman–Crippen LogP) is 5.68. The van der Waals surface area contributed by atoms with E-state index in [1.807, 2.05) is 73.7 Å². The molecule has 1 N–H and O–H groups in total. The van der Waals surface area contributed by atoms with E-state index in [1.165, 1.54) is 4.90 Å². The topological polar surface area (TPSA) is 86.8 Å². The van der Waals surface area contributed by atoms with Crippen molar-refractivity contribution in [1.29, 1.82) is 0 Å². The second-order valence-electron chi connectivity index (χ2n) is 11.2. The summed E-state index contributed by atoms with van der Waals surface area (Å²) in [6.07, 6.45) is 2.13. The quantitative estimate of drug-likeness (QED) is 0.276. The van der Waals surface area contributed by atoms with Crippen LogP contribution in [-0.2, 0) is 38.0 Å². The van der Waals surface area contributed by atoms with E-state index in [4.69, 9.17) is 0 Å². The molecule has 0 radical (unpaired) electrons. The van der Waals surface area contributed by atoms with E-state index in [-0.39, 0.29) is 24.3 Å². The van der Waals surface area contributed by atoms with Crippen LogP contribution in [0.2, 0.25) is 0 Å². The molecular formula is C32H40BrN3O4S. The van der Waals surface area contributed by atoms with Crippen LogP contribution in [0.3, 0.4) is 0 Å². The molecule has 3 rings (SSSR count). The van der Waals surface area contributed by atoms with Crippen LogP contribution in [0.15, 0.2) is 83.3 Å². The summed E-state index contributed by atoms with van der Waals surface area (Å²) in [5.74, 6) is -0.743.